The second-order valence-corrected chi connectivity index (χ2v) is 7.69. The maximum absolute atomic E-state index is 12.5. The highest BCUT2D eigenvalue weighted by atomic mass is 79.9. The summed E-state index contributed by atoms with van der Waals surface area (Å²) in [5.74, 6) is -1.08. The summed E-state index contributed by atoms with van der Waals surface area (Å²) in [7, 11) is -2.40. The number of ether oxygens (including phenoxy) is 1. The molecule has 0 aliphatic heterocycles. The Balaban J connectivity index is 2.39. The van der Waals surface area contributed by atoms with Crippen molar-refractivity contribution in [3.8, 4) is 0 Å². The maximum Gasteiger partial charge on any atom is 0.334 e. The first-order valence-corrected chi connectivity index (χ1v) is 9.19. The Morgan fingerprint density at radius 3 is 2.43 bits per heavy atom. The molecule has 23 heavy (non-hydrogen) atoms. The number of esters is 1. The van der Waals surface area contributed by atoms with Gasteiger partial charge >= 0.3 is 5.97 Å². The first kappa shape index (κ1) is 17.4. The van der Waals surface area contributed by atoms with Crippen LogP contribution in [0.2, 0.25) is 0 Å². The summed E-state index contributed by atoms with van der Waals surface area (Å²) in [6.07, 6.45) is 1.52. The van der Waals surface area contributed by atoms with Crippen LogP contribution in [0.1, 0.15) is 5.56 Å². The monoisotopic (exact) mass is 394 g/mol. The van der Waals surface area contributed by atoms with Gasteiger partial charge < -0.3 is 4.74 Å². The lowest BCUT2D eigenvalue weighted by atomic mass is 10.1. The Labute approximate surface area is 143 Å². The lowest BCUT2D eigenvalue weighted by molar-refractivity contribution is -0.135. The van der Waals surface area contributed by atoms with E-state index in [4.69, 9.17) is 4.74 Å². The minimum Gasteiger partial charge on any atom is -0.466 e. The van der Waals surface area contributed by atoms with Crippen molar-refractivity contribution in [1.82, 2.24) is 0 Å². The summed E-state index contributed by atoms with van der Waals surface area (Å²) in [5, 5.41) is 0. The SMILES string of the molecule is COC(=O)/C(=C/c1cccc(Br)c1)CS(=O)(=O)c1ccccc1. The van der Waals surface area contributed by atoms with Gasteiger partial charge in [-0.05, 0) is 35.9 Å². The Morgan fingerprint density at radius 2 is 1.83 bits per heavy atom. The number of sulfone groups is 1. The quantitative estimate of drug-likeness (QED) is 0.575. The van der Waals surface area contributed by atoms with Crippen LogP contribution in [0.25, 0.3) is 6.08 Å². The molecular formula is C17H15BrO4S. The molecule has 2 aromatic carbocycles. The highest BCUT2D eigenvalue weighted by Gasteiger charge is 2.21. The van der Waals surface area contributed by atoms with Gasteiger partial charge in [0.05, 0.1) is 23.3 Å². The predicted molar refractivity (Wildman–Crippen MR) is 92.6 cm³/mol. The van der Waals surface area contributed by atoms with Gasteiger partial charge in [0.2, 0.25) is 0 Å². The second kappa shape index (κ2) is 7.57. The van der Waals surface area contributed by atoms with Crippen LogP contribution in [-0.4, -0.2) is 27.2 Å². The van der Waals surface area contributed by atoms with E-state index in [0.717, 1.165) is 4.47 Å². The van der Waals surface area contributed by atoms with Gasteiger partial charge in [-0.2, -0.15) is 0 Å². The molecule has 0 amide bonds. The summed E-state index contributed by atoms with van der Waals surface area (Å²) in [5.41, 5.74) is 0.789. The Hall–Kier alpha value is -1.92. The van der Waals surface area contributed by atoms with Crippen molar-refractivity contribution in [1.29, 1.82) is 0 Å². The van der Waals surface area contributed by atoms with Crippen LogP contribution >= 0.6 is 15.9 Å². The van der Waals surface area contributed by atoms with E-state index in [0.29, 0.717) is 5.56 Å². The fourth-order valence-electron chi connectivity index (χ4n) is 2.00. The van der Waals surface area contributed by atoms with Gasteiger partial charge in [-0.3, -0.25) is 0 Å². The van der Waals surface area contributed by atoms with E-state index < -0.39 is 21.6 Å². The molecule has 2 rings (SSSR count). The molecule has 0 bridgehead atoms. The van der Waals surface area contributed by atoms with Gasteiger partial charge in [-0.15, -0.1) is 0 Å². The zero-order valence-electron chi connectivity index (χ0n) is 12.4. The minimum absolute atomic E-state index is 0.0782. The summed E-state index contributed by atoms with van der Waals surface area (Å²) < 4.78 is 30.5. The maximum atomic E-state index is 12.5. The normalized spacial score (nSPS) is 12.0. The average Bonchev–Trinajstić information content (AvgIpc) is 2.54. The van der Waals surface area contributed by atoms with Crippen molar-refractivity contribution in [3.05, 3.63) is 70.2 Å². The zero-order chi connectivity index (χ0) is 16.9. The van der Waals surface area contributed by atoms with Crippen molar-refractivity contribution in [2.45, 2.75) is 4.90 Å². The third kappa shape index (κ3) is 4.77. The van der Waals surface area contributed by atoms with E-state index in [1.165, 1.54) is 25.3 Å². The number of rotatable bonds is 5. The van der Waals surface area contributed by atoms with Crippen molar-refractivity contribution in [2.24, 2.45) is 0 Å². The first-order chi connectivity index (χ1) is 10.9. The van der Waals surface area contributed by atoms with Gasteiger partial charge in [0.25, 0.3) is 0 Å². The highest BCUT2D eigenvalue weighted by Crippen LogP contribution is 2.19. The van der Waals surface area contributed by atoms with Gasteiger partial charge in [-0.25, -0.2) is 13.2 Å². The number of methoxy groups -OCH3 is 1. The Kier molecular flexibility index (Phi) is 5.74. The van der Waals surface area contributed by atoms with Gasteiger partial charge in [0, 0.05) is 4.47 Å². The molecule has 0 unspecified atom stereocenters. The Bertz CT molecular complexity index is 827. The fraction of sp³-hybridized carbons (Fsp3) is 0.118. The van der Waals surface area contributed by atoms with Crippen LogP contribution in [0.4, 0.5) is 0 Å². The standard InChI is InChI=1S/C17H15BrO4S/c1-22-17(19)14(10-13-6-5-7-15(18)11-13)12-23(20,21)16-8-3-2-4-9-16/h2-11H,12H2,1H3/b14-10+. The smallest absolute Gasteiger partial charge is 0.334 e. The molecule has 0 saturated heterocycles. The topological polar surface area (TPSA) is 60.4 Å². The van der Waals surface area contributed by atoms with Crippen LogP contribution < -0.4 is 0 Å². The molecule has 0 saturated carbocycles. The second-order valence-electron chi connectivity index (χ2n) is 4.79. The third-order valence-electron chi connectivity index (χ3n) is 3.08. The van der Waals surface area contributed by atoms with Crippen LogP contribution in [0.3, 0.4) is 0 Å². The predicted octanol–water partition coefficient (Wildman–Crippen LogP) is 3.48. The van der Waals surface area contributed by atoms with E-state index in [9.17, 15) is 13.2 Å². The van der Waals surface area contributed by atoms with Gasteiger partial charge in [-0.1, -0.05) is 46.3 Å². The third-order valence-corrected chi connectivity index (χ3v) is 5.26. The van der Waals surface area contributed by atoms with E-state index in [1.807, 2.05) is 6.07 Å². The largest absolute Gasteiger partial charge is 0.466 e. The molecule has 4 nitrogen and oxygen atoms in total. The van der Waals surface area contributed by atoms with Gasteiger partial charge in [0.1, 0.15) is 0 Å². The molecule has 0 aliphatic rings. The lowest BCUT2D eigenvalue weighted by Gasteiger charge is -2.08. The number of hydrogen-bond acceptors (Lipinski definition) is 4. The number of halogens is 1. The van der Waals surface area contributed by atoms with Crippen LogP contribution in [0, 0.1) is 0 Å². The number of benzene rings is 2. The molecule has 0 N–H and O–H groups in total. The zero-order valence-corrected chi connectivity index (χ0v) is 14.8. The van der Waals surface area contributed by atoms with Crippen LogP contribution in [-0.2, 0) is 19.4 Å². The molecule has 0 fully saturated rings. The van der Waals surface area contributed by atoms with Gasteiger partial charge in [0.15, 0.2) is 9.84 Å². The molecule has 0 heterocycles. The molecule has 0 atom stereocenters. The molecule has 6 heteroatoms. The molecule has 0 aliphatic carbocycles. The van der Waals surface area contributed by atoms with E-state index in [1.54, 1.807) is 36.4 Å². The first-order valence-electron chi connectivity index (χ1n) is 6.74. The molecule has 0 spiro atoms. The number of carbonyl (C=O) groups excluding carboxylic acids is 1. The summed E-state index contributed by atoms with van der Waals surface area (Å²) in [4.78, 5) is 12.1. The molecule has 0 radical (unpaired) electrons. The molecule has 0 aromatic heterocycles. The number of hydrogen-bond donors (Lipinski definition) is 0. The van der Waals surface area contributed by atoms with Crippen molar-refractivity contribution in [3.63, 3.8) is 0 Å². The summed E-state index contributed by atoms with van der Waals surface area (Å²) in [6.45, 7) is 0. The Morgan fingerprint density at radius 1 is 1.13 bits per heavy atom. The van der Waals surface area contributed by atoms with Crippen LogP contribution in [0.15, 0.2) is 69.5 Å². The average molecular weight is 395 g/mol. The minimum atomic E-state index is -3.63. The van der Waals surface area contributed by atoms with E-state index in [2.05, 4.69) is 15.9 Å². The summed E-state index contributed by atoms with van der Waals surface area (Å²) in [6, 6.07) is 15.2. The lowest BCUT2D eigenvalue weighted by Crippen LogP contribution is -2.16. The molecular weight excluding hydrogens is 380 g/mol. The van der Waals surface area contributed by atoms with Crippen molar-refractivity contribution in [2.75, 3.05) is 12.9 Å². The van der Waals surface area contributed by atoms with Crippen molar-refractivity contribution < 1.29 is 17.9 Å². The van der Waals surface area contributed by atoms with E-state index >= 15 is 0 Å². The fourth-order valence-corrected chi connectivity index (χ4v) is 3.77. The van der Waals surface area contributed by atoms with E-state index in [-0.39, 0.29) is 10.5 Å². The summed E-state index contributed by atoms with van der Waals surface area (Å²) >= 11 is 3.34. The highest BCUT2D eigenvalue weighted by molar-refractivity contribution is 9.10. The van der Waals surface area contributed by atoms with Crippen LogP contribution in [0.5, 0.6) is 0 Å². The molecule has 120 valence electrons. The number of carbonyl (C=O) groups is 1. The molecule has 2 aromatic rings. The van der Waals surface area contributed by atoms with Crippen molar-refractivity contribution >= 4 is 37.8 Å².